The van der Waals surface area contributed by atoms with Crippen LogP contribution in [-0.4, -0.2) is 31.8 Å². The molecule has 3 rings (SSSR count). The molecule has 0 amide bonds. The van der Waals surface area contributed by atoms with Crippen molar-refractivity contribution in [3.8, 4) is 5.95 Å². The summed E-state index contributed by atoms with van der Waals surface area (Å²) >= 11 is 0. The Morgan fingerprint density at radius 1 is 1.08 bits per heavy atom. The van der Waals surface area contributed by atoms with Crippen molar-refractivity contribution in [2.75, 3.05) is 19.8 Å². The summed E-state index contributed by atoms with van der Waals surface area (Å²) in [6, 6.07) is 0. The van der Waals surface area contributed by atoms with Gasteiger partial charge in [0.25, 0.3) is 5.95 Å². The highest BCUT2D eigenvalue weighted by Crippen LogP contribution is 2.32. The summed E-state index contributed by atoms with van der Waals surface area (Å²) in [4.78, 5) is 24.6. The Hall–Kier alpha value is -1.98. The van der Waals surface area contributed by atoms with Crippen LogP contribution in [0.15, 0.2) is 10.7 Å². The lowest BCUT2D eigenvalue weighted by atomic mass is 10.2. The van der Waals surface area contributed by atoms with E-state index in [9.17, 15) is 9.59 Å². The van der Waals surface area contributed by atoms with Gasteiger partial charge in [-0.2, -0.15) is 0 Å². The number of unbranched alkanes of at least 4 members (excludes halogenated alkanes) is 1. The lowest BCUT2D eigenvalue weighted by molar-refractivity contribution is 0.0436. The van der Waals surface area contributed by atoms with Gasteiger partial charge in [-0.05, 0) is 43.9 Å². The third-order valence-electron chi connectivity index (χ3n) is 4.21. The highest BCUT2D eigenvalue weighted by molar-refractivity contribution is 6.04. The van der Waals surface area contributed by atoms with E-state index in [2.05, 4.69) is 0 Å². The normalized spacial score (nSPS) is 16.7. The molecule has 0 atom stereocenters. The molecule has 0 bridgehead atoms. The van der Waals surface area contributed by atoms with Crippen LogP contribution in [0, 0.1) is 11.8 Å². The largest absolute Gasteiger partial charge is 0.465 e. The Morgan fingerprint density at radius 2 is 1.71 bits per heavy atom. The van der Waals surface area contributed by atoms with Crippen molar-refractivity contribution in [2.45, 2.75) is 45.4 Å². The molecule has 24 heavy (non-hydrogen) atoms. The van der Waals surface area contributed by atoms with Crippen molar-refractivity contribution in [3.05, 3.63) is 17.4 Å². The molecule has 0 radical (unpaired) electrons. The fourth-order valence-electron chi connectivity index (χ4n) is 2.21. The minimum absolute atomic E-state index is 0.0441. The van der Waals surface area contributed by atoms with Gasteiger partial charge >= 0.3 is 11.9 Å². The van der Waals surface area contributed by atoms with Crippen LogP contribution in [0.1, 0.15) is 66.2 Å². The van der Waals surface area contributed by atoms with Gasteiger partial charge < -0.3 is 18.6 Å². The summed E-state index contributed by atoms with van der Waals surface area (Å²) in [5.41, 5.74) is 0.135. The molecule has 2 aliphatic rings. The number of hydrogen-bond donors (Lipinski definition) is 0. The first-order valence-electron chi connectivity index (χ1n) is 8.77. The molecule has 132 valence electrons. The summed E-state index contributed by atoms with van der Waals surface area (Å²) in [5.74, 6) is -0.209. The van der Waals surface area contributed by atoms with Crippen LogP contribution in [0.5, 0.6) is 5.95 Å². The summed E-state index contributed by atoms with van der Waals surface area (Å²) in [7, 11) is 0. The number of furan rings is 1. The van der Waals surface area contributed by atoms with Crippen LogP contribution in [0.4, 0.5) is 0 Å². The van der Waals surface area contributed by atoms with E-state index < -0.39 is 11.9 Å². The van der Waals surface area contributed by atoms with Crippen molar-refractivity contribution < 1.29 is 28.2 Å². The van der Waals surface area contributed by atoms with Gasteiger partial charge in [0.1, 0.15) is 11.8 Å². The van der Waals surface area contributed by atoms with E-state index in [4.69, 9.17) is 18.6 Å². The zero-order valence-corrected chi connectivity index (χ0v) is 14.0. The second-order valence-corrected chi connectivity index (χ2v) is 6.60. The highest BCUT2D eigenvalue weighted by Gasteiger charge is 2.32. The number of esters is 2. The Balaban J connectivity index is 1.69. The van der Waals surface area contributed by atoms with Gasteiger partial charge in [-0.1, -0.05) is 13.3 Å². The topological polar surface area (TPSA) is 75.0 Å². The van der Waals surface area contributed by atoms with E-state index in [1.54, 1.807) is 0 Å². The molecule has 0 spiro atoms. The van der Waals surface area contributed by atoms with Crippen molar-refractivity contribution in [2.24, 2.45) is 11.8 Å². The SMILES string of the molecule is CCCCOc1occ(C(=O)OCC2CC2)c1C(=O)OCC1CC1. The summed E-state index contributed by atoms with van der Waals surface area (Å²) < 4.78 is 21.4. The zero-order valence-electron chi connectivity index (χ0n) is 14.0. The van der Waals surface area contributed by atoms with Gasteiger partial charge in [0.2, 0.25) is 0 Å². The Kier molecular flexibility index (Phi) is 5.43. The maximum Gasteiger partial charge on any atom is 0.346 e. The maximum atomic E-state index is 12.4. The minimum Gasteiger partial charge on any atom is -0.465 e. The van der Waals surface area contributed by atoms with Gasteiger partial charge in [0.05, 0.1) is 19.8 Å². The Morgan fingerprint density at radius 3 is 2.29 bits per heavy atom. The van der Waals surface area contributed by atoms with Crippen LogP contribution in [0.3, 0.4) is 0 Å². The van der Waals surface area contributed by atoms with Crippen molar-refractivity contribution >= 4 is 11.9 Å². The molecule has 2 saturated carbocycles. The van der Waals surface area contributed by atoms with Crippen molar-refractivity contribution in [1.82, 2.24) is 0 Å². The average molecular weight is 336 g/mol. The molecule has 1 heterocycles. The number of ether oxygens (including phenoxy) is 3. The molecule has 1 aromatic heterocycles. The molecule has 0 N–H and O–H groups in total. The molecular weight excluding hydrogens is 312 g/mol. The van der Waals surface area contributed by atoms with Crippen molar-refractivity contribution in [1.29, 1.82) is 0 Å². The average Bonchev–Trinajstić information content (AvgIpc) is 3.49. The molecule has 6 heteroatoms. The first-order valence-corrected chi connectivity index (χ1v) is 8.77. The second kappa shape index (κ2) is 7.73. The number of carbonyl (C=O) groups excluding carboxylic acids is 2. The minimum atomic E-state index is -0.583. The van der Waals surface area contributed by atoms with E-state index in [0.29, 0.717) is 31.7 Å². The highest BCUT2D eigenvalue weighted by atomic mass is 16.6. The fraction of sp³-hybridized carbons (Fsp3) is 0.667. The molecule has 2 aliphatic carbocycles. The van der Waals surface area contributed by atoms with Gasteiger partial charge in [-0.15, -0.1) is 0 Å². The Labute approximate surface area is 141 Å². The summed E-state index contributed by atoms with van der Waals surface area (Å²) in [6.45, 7) is 3.21. The summed E-state index contributed by atoms with van der Waals surface area (Å²) in [6.07, 6.45) is 7.34. The van der Waals surface area contributed by atoms with E-state index in [1.807, 2.05) is 6.92 Å². The van der Waals surface area contributed by atoms with Crippen molar-refractivity contribution in [3.63, 3.8) is 0 Å². The van der Waals surface area contributed by atoms with Crippen LogP contribution in [0.25, 0.3) is 0 Å². The van der Waals surface area contributed by atoms with Gasteiger partial charge in [-0.25, -0.2) is 9.59 Å². The van der Waals surface area contributed by atoms with E-state index in [1.165, 1.54) is 6.26 Å². The molecule has 1 aromatic rings. The van der Waals surface area contributed by atoms with E-state index in [-0.39, 0.29) is 17.1 Å². The van der Waals surface area contributed by atoms with E-state index in [0.717, 1.165) is 38.5 Å². The zero-order chi connectivity index (χ0) is 16.9. The predicted molar refractivity (Wildman–Crippen MR) is 85.1 cm³/mol. The number of hydrogen-bond acceptors (Lipinski definition) is 6. The number of carbonyl (C=O) groups is 2. The molecular formula is C18H24O6. The molecule has 0 saturated heterocycles. The molecule has 2 fully saturated rings. The van der Waals surface area contributed by atoms with Gasteiger partial charge in [0, 0.05) is 0 Å². The number of rotatable bonds is 10. The third-order valence-corrected chi connectivity index (χ3v) is 4.21. The maximum absolute atomic E-state index is 12.4. The standard InChI is InChI=1S/C18H24O6/c1-2-3-8-21-18-15(17(20)23-10-13-6-7-13)14(11-24-18)16(19)22-9-12-4-5-12/h11-13H,2-10H2,1H3. The quantitative estimate of drug-likeness (QED) is 0.480. The Bertz CT molecular complexity index is 582. The lowest BCUT2D eigenvalue weighted by Gasteiger charge is -2.08. The third kappa shape index (κ3) is 4.52. The molecule has 6 nitrogen and oxygen atoms in total. The predicted octanol–water partition coefficient (Wildman–Crippen LogP) is 3.59. The van der Waals surface area contributed by atoms with Crippen LogP contribution in [-0.2, 0) is 9.47 Å². The summed E-state index contributed by atoms with van der Waals surface area (Å²) in [5, 5.41) is 0. The molecule has 0 unspecified atom stereocenters. The fourth-order valence-corrected chi connectivity index (χ4v) is 2.21. The smallest absolute Gasteiger partial charge is 0.346 e. The monoisotopic (exact) mass is 336 g/mol. The first-order chi connectivity index (χ1) is 11.7. The lowest BCUT2D eigenvalue weighted by Crippen LogP contribution is -2.15. The van der Waals surface area contributed by atoms with E-state index >= 15 is 0 Å². The molecule has 0 aromatic carbocycles. The van der Waals surface area contributed by atoms with Crippen LogP contribution >= 0.6 is 0 Å². The van der Waals surface area contributed by atoms with Crippen LogP contribution < -0.4 is 4.74 Å². The molecule has 0 aliphatic heterocycles. The van der Waals surface area contributed by atoms with Gasteiger partial charge in [0.15, 0.2) is 5.56 Å². The second-order valence-electron chi connectivity index (χ2n) is 6.60. The first kappa shape index (κ1) is 16.9. The van der Waals surface area contributed by atoms with Gasteiger partial charge in [-0.3, -0.25) is 0 Å². The van der Waals surface area contributed by atoms with Crippen LogP contribution in [0.2, 0.25) is 0 Å².